The van der Waals surface area contributed by atoms with Gasteiger partial charge < -0.3 is 20.5 Å². The second-order valence-corrected chi connectivity index (χ2v) is 6.17. The fourth-order valence-electron chi connectivity index (χ4n) is 2.86. The van der Waals surface area contributed by atoms with Crippen molar-refractivity contribution in [1.29, 1.82) is 0 Å². The second-order valence-electron chi connectivity index (χ2n) is 6.17. The second kappa shape index (κ2) is 7.81. The molecule has 0 radical (unpaired) electrons. The van der Waals surface area contributed by atoms with Crippen molar-refractivity contribution in [2.75, 3.05) is 0 Å². The Hall–Kier alpha value is -2.86. The molecule has 1 aromatic carbocycles. The van der Waals surface area contributed by atoms with Crippen LogP contribution < -0.4 is 5.73 Å². The number of aliphatic carboxylic acids is 2. The maximum atomic E-state index is 9.55. The van der Waals surface area contributed by atoms with Gasteiger partial charge in [-0.05, 0) is 37.1 Å². The Morgan fingerprint density at radius 2 is 1.84 bits per heavy atom. The summed E-state index contributed by atoms with van der Waals surface area (Å²) in [5, 5.41) is 15.6. The van der Waals surface area contributed by atoms with Crippen LogP contribution >= 0.6 is 0 Å². The number of fused-ring (bicyclic) bond motifs is 3. The molecule has 4 N–H and O–H groups in total. The van der Waals surface area contributed by atoms with Gasteiger partial charge in [-0.1, -0.05) is 17.7 Å². The standard InChI is InChI=1S/C15H18N2.C4H4O4/c1-10-3-4-12-8-13-5-6-17(9-11(2)16)15(13)14(12)7-10;5-3(6)1-2-4(7)8/h3-7,11H,8-9,16H2,1-2H3;1-2H,(H,5,6)(H,7,8)/b;2-1+. The van der Waals surface area contributed by atoms with Gasteiger partial charge in [0.1, 0.15) is 0 Å². The zero-order chi connectivity index (χ0) is 18.6. The van der Waals surface area contributed by atoms with E-state index in [1.165, 1.54) is 27.9 Å². The summed E-state index contributed by atoms with van der Waals surface area (Å²) in [4.78, 5) is 19.1. The fourth-order valence-corrected chi connectivity index (χ4v) is 2.86. The molecule has 0 amide bonds. The number of aromatic nitrogens is 1. The third-order valence-corrected chi connectivity index (χ3v) is 3.80. The summed E-state index contributed by atoms with van der Waals surface area (Å²) in [5.41, 5.74) is 12.9. The van der Waals surface area contributed by atoms with Crippen LogP contribution in [0.1, 0.15) is 23.6 Å². The molecule has 0 bridgehead atoms. The van der Waals surface area contributed by atoms with E-state index in [4.69, 9.17) is 15.9 Å². The van der Waals surface area contributed by atoms with Crippen LogP contribution in [0.5, 0.6) is 0 Å². The maximum absolute atomic E-state index is 9.55. The Morgan fingerprint density at radius 3 is 2.40 bits per heavy atom. The van der Waals surface area contributed by atoms with E-state index in [-0.39, 0.29) is 6.04 Å². The molecule has 132 valence electrons. The molecular weight excluding hydrogens is 320 g/mol. The van der Waals surface area contributed by atoms with E-state index in [9.17, 15) is 9.59 Å². The fraction of sp³-hybridized carbons (Fsp3) is 0.263. The first-order chi connectivity index (χ1) is 11.8. The number of carboxylic acid groups (broad SMARTS) is 2. The highest BCUT2D eigenvalue weighted by molar-refractivity contribution is 5.89. The van der Waals surface area contributed by atoms with Crippen LogP contribution in [0, 0.1) is 6.92 Å². The molecule has 6 heteroatoms. The normalized spacial score (nSPS) is 12.9. The Morgan fingerprint density at radius 1 is 1.20 bits per heavy atom. The van der Waals surface area contributed by atoms with E-state index in [1.54, 1.807) is 0 Å². The molecule has 1 aliphatic rings. The number of carbonyl (C=O) groups is 2. The van der Waals surface area contributed by atoms with Gasteiger partial charge in [-0.25, -0.2) is 9.59 Å². The van der Waals surface area contributed by atoms with Crippen molar-refractivity contribution in [3.05, 3.63) is 59.3 Å². The van der Waals surface area contributed by atoms with Gasteiger partial charge in [0, 0.05) is 42.9 Å². The zero-order valence-electron chi connectivity index (χ0n) is 14.3. The molecular formula is C19H22N2O4. The minimum atomic E-state index is -1.26. The van der Waals surface area contributed by atoms with E-state index in [1.807, 2.05) is 0 Å². The molecule has 0 saturated heterocycles. The van der Waals surface area contributed by atoms with E-state index in [0.717, 1.165) is 13.0 Å². The summed E-state index contributed by atoms with van der Waals surface area (Å²) < 4.78 is 2.30. The predicted octanol–water partition coefficient (Wildman–Crippen LogP) is 2.43. The summed E-state index contributed by atoms with van der Waals surface area (Å²) >= 11 is 0. The number of hydrogen-bond acceptors (Lipinski definition) is 3. The van der Waals surface area contributed by atoms with Crippen LogP contribution in [0.15, 0.2) is 42.6 Å². The average molecular weight is 342 g/mol. The number of benzene rings is 1. The first-order valence-electron chi connectivity index (χ1n) is 7.95. The van der Waals surface area contributed by atoms with Crippen molar-refractivity contribution in [3.8, 4) is 11.3 Å². The van der Waals surface area contributed by atoms with Gasteiger partial charge in [0.15, 0.2) is 0 Å². The molecule has 0 spiro atoms. The highest BCUT2D eigenvalue weighted by Gasteiger charge is 2.22. The summed E-state index contributed by atoms with van der Waals surface area (Å²) in [7, 11) is 0. The van der Waals surface area contributed by atoms with E-state index < -0.39 is 11.9 Å². The molecule has 0 saturated carbocycles. The van der Waals surface area contributed by atoms with Gasteiger partial charge in [-0.3, -0.25) is 0 Å². The summed E-state index contributed by atoms with van der Waals surface area (Å²) in [6.07, 6.45) is 4.35. The maximum Gasteiger partial charge on any atom is 0.328 e. The topological polar surface area (TPSA) is 106 Å². The summed E-state index contributed by atoms with van der Waals surface area (Å²) in [6.45, 7) is 5.10. The molecule has 6 nitrogen and oxygen atoms in total. The number of aryl methyl sites for hydroxylation is 1. The van der Waals surface area contributed by atoms with Gasteiger partial charge in [-0.15, -0.1) is 0 Å². The monoisotopic (exact) mass is 342 g/mol. The minimum absolute atomic E-state index is 0.195. The molecule has 1 unspecified atom stereocenters. The molecule has 3 rings (SSSR count). The zero-order valence-corrected chi connectivity index (χ0v) is 14.3. The molecule has 1 aliphatic carbocycles. The van der Waals surface area contributed by atoms with Crippen molar-refractivity contribution >= 4 is 11.9 Å². The summed E-state index contributed by atoms with van der Waals surface area (Å²) in [6, 6.07) is 9.16. The lowest BCUT2D eigenvalue weighted by molar-refractivity contribution is -0.134. The van der Waals surface area contributed by atoms with E-state index >= 15 is 0 Å². The third kappa shape index (κ3) is 4.81. The molecule has 1 heterocycles. The van der Waals surface area contributed by atoms with Gasteiger partial charge in [-0.2, -0.15) is 0 Å². The van der Waals surface area contributed by atoms with Crippen LogP contribution in [0.2, 0.25) is 0 Å². The van der Waals surface area contributed by atoms with E-state index in [0.29, 0.717) is 12.2 Å². The molecule has 0 aliphatic heterocycles. The van der Waals surface area contributed by atoms with Crippen LogP contribution in [-0.4, -0.2) is 32.8 Å². The predicted molar refractivity (Wildman–Crippen MR) is 95.5 cm³/mol. The van der Waals surface area contributed by atoms with Crippen molar-refractivity contribution in [3.63, 3.8) is 0 Å². The molecule has 1 aromatic heterocycles. The van der Waals surface area contributed by atoms with Crippen LogP contribution in [0.4, 0.5) is 0 Å². The lowest BCUT2D eigenvalue weighted by Gasteiger charge is -2.12. The van der Waals surface area contributed by atoms with Crippen LogP contribution in [0.3, 0.4) is 0 Å². The van der Waals surface area contributed by atoms with Gasteiger partial charge in [0.05, 0.1) is 5.69 Å². The van der Waals surface area contributed by atoms with Crippen molar-refractivity contribution in [2.24, 2.45) is 5.73 Å². The average Bonchev–Trinajstić information content (AvgIpc) is 3.05. The highest BCUT2D eigenvalue weighted by atomic mass is 16.4. The van der Waals surface area contributed by atoms with Crippen LogP contribution in [-0.2, 0) is 22.6 Å². The minimum Gasteiger partial charge on any atom is -0.478 e. The SMILES string of the molecule is Cc1ccc2c(c1)-c1c(ccn1CC(C)N)C2.O=C(O)/C=C/C(=O)O. The molecule has 1 atom stereocenters. The third-order valence-electron chi connectivity index (χ3n) is 3.80. The van der Waals surface area contributed by atoms with Crippen LogP contribution in [0.25, 0.3) is 11.3 Å². The largest absolute Gasteiger partial charge is 0.478 e. The van der Waals surface area contributed by atoms with Crippen molar-refractivity contribution in [2.45, 2.75) is 32.9 Å². The van der Waals surface area contributed by atoms with Gasteiger partial charge >= 0.3 is 11.9 Å². The Labute approximate surface area is 146 Å². The first-order valence-corrected chi connectivity index (χ1v) is 7.95. The Kier molecular flexibility index (Phi) is 5.77. The van der Waals surface area contributed by atoms with Crippen molar-refractivity contribution in [1.82, 2.24) is 4.57 Å². The first kappa shape index (κ1) is 18.5. The number of nitrogens with zero attached hydrogens (tertiary/aromatic N) is 1. The highest BCUT2D eigenvalue weighted by Crippen LogP contribution is 2.37. The lowest BCUT2D eigenvalue weighted by Crippen LogP contribution is -2.22. The molecule has 25 heavy (non-hydrogen) atoms. The number of nitrogens with two attached hydrogens (primary N) is 1. The van der Waals surface area contributed by atoms with Gasteiger partial charge in [0.25, 0.3) is 0 Å². The lowest BCUT2D eigenvalue weighted by atomic mass is 10.1. The smallest absolute Gasteiger partial charge is 0.328 e. The Balaban J connectivity index is 0.000000242. The number of carboxylic acids is 2. The van der Waals surface area contributed by atoms with Crippen molar-refractivity contribution < 1.29 is 19.8 Å². The molecule has 2 aromatic rings. The molecule has 0 fully saturated rings. The van der Waals surface area contributed by atoms with Gasteiger partial charge in [0.2, 0.25) is 0 Å². The van der Waals surface area contributed by atoms with E-state index in [2.05, 4.69) is 48.9 Å². The Bertz CT molecular complexity index is 803. The quantitative estimate of drug-likeness (QED) is 0.632. The summed E-state index contributed by atoms with van der Waals surface area (Å²) in [5.74, 6) is -2.51. The number of rotatable bonds is 4. The number of hydrogen-bond donors (Lipinski definition) is 3.